The number of rotatable bonds is 2. The zero-order chi connectivity index (χ0) is 16.0. The van der Waals surface area contributed by atoms with Gasteiger partial charge in [-0.05, 0) is 26.8 Å². The molecule has 0 amide bonds. The van der Waals surface area contributed by atoms with E-state index < -0.39 is 5.66 Å². The van der Waals surface area contributed by atoms with Gasteiger partial charge in [-0.1, -0.05) is 48.5 Å². The van der Waals surface area contributed by atoms with Gasteiger partial charge in [0.05, 0.1) is 11.4 Å². The highest BCUT2D eigenvalue weighted by atomic mass is 15.1. The number of aliphatic imine (C=N–C) groups is 2. The van der Waals surface area contributed by atoms with Crippen LogP contribution < -0.4 is 0 Å². The van der Waals surface area contributed by atoms with Crippen LogP contribution in [0.5, 0.6) is 0 Å². The van der Waals surface area contributed by atoms with Crippen LogP contribution in [0.25, 0.3) is 10.9 Å². The molecule has 0 bridgehead atoms. The lowest BCUT2D eigenvalue weighted by atomic mass is 9.98. The van der Waals surface area contributed by atoms with Gasteiger partial charge in [-0.2, -0.15) is 0 Å². The molecule has 1 aliphatic heterocycles. The number of aromatic nitrogens is 1. The van der Waals surface area contributed by atoms with Crippen molar-refractivity contribution < 1.29 is 0 Å². The third-order valence-electron chi connectivity index (χ3n) is 4.17. The minimum atomic E-state index is -0.425. The summed E-state index contributed by atoms with van der Waals surface area (Å²) in [6.45, 7) is 6.20. The van der Waals surface area contributed by atoms with Gasteiger partial charge in [0.1, 0.15) is 5.66 Å². The van der Waals surface area contributed by atoms with Gasteiger partial charge in [0.2, 0.25) is 0 Å². The summed E-state index contributed by atoms with van der Waals surface area (Å²) in [5, 5.41) is 1.20. The van der Waals surface area contributed by atoms with Gasteiger partial charge >= 0.3 is 0 Å². The molecule has 1 aromatic heterocycles. The Morgan fingerprint density at radius 1 is 0.826 bits per heavy atom. The van der Waals surface area contributed by atoms with E-state index in [0.29, 0.717) is 0 Å². The normalized spacial score (nSPS) is 16.5. The largest absolute Gasteiger partial charge is 0.358 e. The molecule has 0 fully saturated rings. The molecule has 0 saturated heterocycles. The number of fused-ring (bicyclic) bond motifs is 1. The molecule has 3 heteroatoms. The van der Waals surface area contributed by atoms with Crippen molar-refractivity contribution in [1.29, 1.82) is 0 Å². The molecule has 23 heavy (non-hydrogen) atoms. The molecule has 0 spiro atoms. The Labute approximate surface area is 135 Å². The first-order chi connectivity index (χ1) is 11.1. The fourth-order valence-corrected chi connectivity index (χ4v) is 3.23. The molecule has 0 radical (unpaired) electrons. The molecule has 2 aromatic carbocycles. The van der Waals surface area contributed by atoms with E-state index in [0.717, 1.165) is 33.8 Å². The van der Waals surface area contributed by atoms with Gasteiger partial charge in [0.15, 0.2) is 0 Å². The number of hydrogen-bond donors (Lipinski definition) is 1. The maximum atomic E-state index is 4.92. The van der Waals surface area contributed by atoms with Gasteiger partial charge in [-0.15, -0.1) is 0 Å². The van der Waals surface area contributed by atoms with Crippen LogP contribution in [-0.4, -0.2) is 22.1 Å². The Morgan fingerprint density at radius 2 is 1.48 bits per heavy atom. The van der Waals surface area contributed by atoms with E-state index in [1.54, 1.807) is 0 Å². The lowest BCUT2D eigenvalue weighted by Gasteiger charge is -2.07. The van der Waals surface area contributed by atoms with E-state index in [4.69, 9.17) is 9.98 Å². The van der Waals surface area contributed by atoms with Crippen LogP contribution in [0.15, 0.2) is 64.6 Å². The maximum Gasteiger partial charge on any atom is 0.146 e. The highest BCUT2D eigenvalue weighted by Crippen LogP contribution is 2.30. The molecule has 114 valence electrons. The molecule has 1 N–H and O–H groups in total. The summed E-state index contributed by atoms with van der Waals surface area (Å²) < 4.78 is 0. The van der Waals surface area contributed by atoms with Crippen LogP contribution >= 0.6 is 0 Å². The van der Waals surface area contributed by atoms with Gasteiger partial charge < -0.3 is 4.98 Å². The summed E-state index contributed by atoms with van der Waals surface area (Å²) in [6, 6.07) is 18.7. The van der Waals surface area contributed by atoms with Crippen molar-refractivity contribution in [3.8, 4) is 0 Å². The quantitative estimate of drug-likeness (QED) is 0.724. The highest BCUT2D eigenvalue weighted by Gasteiger charge is 2.30. The number of aromatic amines is 1. The Kier molecular flexibility index (Phi) is 2.98. The van der Waals surface area contributed by atoms with Crippen molar-refractivity contribution in [3.05, 3.63) is 71.4 Å². The molecule has 0 aliphatic carbocycles. The SMILES string of the molecule is Cc1[nH]c2ccccc2c1C1=NC(C)(C)N=C1c1ccccc1. The van der Waals surface area contributed by atoms with Crippen LogP contribution in [0.1, 0.15) is 30.7 Å². The number of para-hydroxylation sites is 1. The zero-order valence-electron chi connectivity index (χ0n) is 13.6. The van der Waals surface area contributed by atoms with Crippen LogP contribution in [0.3, 0.4) is 0 Å². The number of nitrogens with one attached hydrogen (secondary N) is 1. The van der Waals surface area contributed by atoms with Crippen molar-refractivity contribution in [2.24, 2.45) is 9.98 Å². The standard InChI is InChI=1S/C20H19N3/c1-13-17(15-11-7-8-12-16(15)21-13)19-18(22-20(2,3)23-19)14-9-5-4-6-10-14/h4-12,21H,1-3H3. The van der Waals surface area contributed by atoms with E-state index in [2.05, 4.69) is 48.3 Å². The second-order valence-corrected chi connectivity index (χ2v) is 6.45. The zero-order valence-corrected chi connectivity index (χ0v) is 13.6. The van der Waals surface area contributed by atoms with Crippen LogP contribution in [-0.2, 0) is 0 Å². The Balaban J connectivity index is 1.96. The molecule has 0 unspecified atom stereocenters. The predicted molar refractivity (Wildman–Crippen MR) is 96.6 cm³/mol. The Morgan fingerprint density at radius 3 is 2.26 bits per heavy atom. The fraction of sp³-hybridized carbons (Fsp3) is 0.200. The van der Waals surface area contributed by atoms with Crippen molar-refractivity contribution in [2.75, 3.05) is 0 Å². The first-order valence-corrected chi connectivity index (χ1v) is 7.88. The van der Waals surface area contributed by atoms with E-state index in [1.807, 2.05) is 32.0 Å². The summed E-state index contributed by atoms with van der Waals surface area (Å²) in [5.41, 5.74) is 6.08. The van der Waals surface area contributed by atoms with Crippen LogP contribution in [0.4, 0.5) is 0 Å². The Hall–Kier alpha value is -2.68. The molecule has 3 nitrogen and oxygen atoms in total. The third kappa shape index (κ3) is 2.29. The third-order valence-corrected chi connectivity index (χ3v) is 4.17. The maximum absolute atomic E-state index is 4.92. The monoisotopic (exact) mass is 301 g/mol. The summed E-state index contributed by atoms with van der Waals surface area (Å²) in [5.74, 6) is 0. The van der Waals surface area contributed by atoms with E-state index in [9.17, 15) is 0 Å². The minimum absolute atomic E-state index is 0.425. The number of hydrogen-bond acceptors (Lipinski definition) is 2. The van der Waals surface area contributed by atoms with E-state index in [-0.39, 0.29) is 0 Å². The van der Waals surface area contributed by atoms with Crippen molar-refractivity contribution in [3.63, 3.8) is 0 Å². The fourth-order valence-electron chi connectivity index (χ4n) is 3.23. The molecule has 4 rings (SSSR count). The second-order valence-electron chi connectivity index (χ2n) is 6.45. The number of benzene rings is 2. The highest BCUT2D eigenvalue weighted by molar-refractivity contribution is 6.56. The number of nitrogens with zero attached hydrogens (tertiary/aromatic N) is 2. The van der Waals surface area contributed by atoms with Crippen LogP contribution in [0.2, 0.25) is 0 Å². The lowest BCUT2D eigenvalue weighted by Crippen LogP contribution is -2.14. The predicted octanol–water partition coefficient (Wildman–Crippen LogP) is 4.50. The second kappa shape index (κ2) is 4.92. The van der Waals surface area contributed by atoms with Gasteiger partial charge in [0, 0.05) is 27.7 Å². The minimum Gasteiger partial charge on any atom is -0.358 e. The smallest absolute Gasteiger partial charge is 0.146 e. The first kappa shape index (κ1) is 13.9. The average molecular weight is 301 g/mol. The number of H-pyrrole nitrogens is 1. The van der Waals surface area contributed by atoms with Gasteiger partial charge in [0.25, 0.3) is 0 Å². The summed E-state index contributed by atoms with van der Waals surface area (Å²) in [7, 11) is 0. The first-order valence-electron chi connectivity index (χ1n) is 7.88. The average Bonchev–Trinajstić information content (AvgIpc) is 3.03. The topological polar surface area (TPSA) is 40.5 Å². The molecule has 0 saturated carbocycles. The molecular weight excluding hydrogens is 282 g/mol. The van der Waals surface area contributed by atoms with E-state index >= 15 is 0 Å². The molecule has 3 aromatic rings. The molecular formula is C20H19N3. The summed E-state index contributed by atoms with van der Waals surface area (Å²) >= 11 is 0. The summed E-state index contributed by atoms with van der Waals surface area (Å²) in [6.07, 6.45) is 0. The molecule has 2 heterocycles. The van der Waals surface area contributed by atoms with E-state index in [1.165, 1.54) is 5.39 Å². The number of aryl methyl sites for hydroxylation is 1. The van der Waals surface area contributed by atoms with Crippen molar-refractivity contribution in [1.82, 2.24) is 4.98 Å². The summed E-state index contributed by atoms with van der Waals surface area (Å²) in [4.78, 5) is 13.3. The van der Waals surface area contributed by atoms with Gasteiger partial charge in [-0.25, -0.2) is 0 Å². The van der Waals surface area contributed by atoms with Gasteiger partial charge in [-0.3, -0.25) is 9.98 Å². The lowest BCUT2D eigenvalue weighted by molar-refractivity contribution is 0.567. The van der Waals surface area contributed by atoms with Crippen LogP contribution in [0, 0.1) is 6.92 Å². The van der Waals surface area contributed by atoms with Crippen molar-refractivity contribution >= 4 is 22.3 Å². The Bertz CT molecular complexity index is 943. The molecule has 1 aliphatic rings. The molecule has 0 atom stereocenters. The van der Waals surface area contributed by atoms with Crippen molar-refractivity contribution in [2.45, 2.75) is 26.4 Å².